The molecule has 0 spiro atoms. The van der Waals surface area contributed by atoms with Gasteiger partial charge in [-0.3, -0.25) is 14.3 Å². The average molecular weight is 240 g/mol. The van der Waals surface area contributed by atoms with Crippen LogP contribution < -0.4 is 11.2 Å². The van der Waals surface area contributed by atoms with Gasteiger partial charge in [-0.25, -0.2) is 4.79 Å². The Labute approximate surface area is 95.3 Å². The third-order valence-corrected chi connectivity index (χ3v) is 3.49. The van der Waals surface area contributed by atoms with E-state index < -0.39 is 35.8 Å². The summed E-state index contributed by atoms with van der Waals surface area (Å²) in [6.45, 7) is 1.60. The molecule has 4 atom stereocenters. The minimum Gasteiger partial charge on any atom is -0.388 e. The van der Waals surface area contributed by atoms with Crippen LogP contribution in [-0.4, -0.2) is 38.1 Å². The number of aliphatic hydroxyl groups is 2. The van der Waals surface area contributed by atoms with Crippen LogP contribution in [0, 0.1) is 6.92 Å². The van der Waals surface area contributed by atoms with Crippen LogP contribution in [0.4, 0.5) is 0 Å². The van der Waals surface area contributed by atoms with Crippen molar-refractivity contribution in [2.24, 2.45) is 0 Å². The highest BCUT2D eigenvalue weighted by atomic mass is 16.6. The van der Waals surface area contributed by atoms with E-state index in [0.29, 0.717) is 11.3 Å². The number of ether oxygens (including phenoxy) is 1. The van der Waals surface area contributed by atoms with Gasteiger partial charge >= 0.3 is 5.69 Å². The standard InChI is InChI=1S/C10H12N2O5/c1-3-4-2-5-6(13)7(14)9(17-5)12(4)10(16)11-8(3)15/h5-7,9,13-14H,2H2,1H3,(H,11,15,16)/t5-,6-,7-,9-/m1/s1. The monoisotopic (exact) mass is 240 g/mol. The summed E-state index contributed by atoms with van der Waals surface area (Å²) in [5.74, 6) is 0. The Kier molecular flexibility index (Phi) is 2.07. The first kappa shape index (κ1) is 10.7. The van der Waals surface area contributed by atoms with Crippen molar-refractivity contribution in [1.29, 1.82) is 0 Å². The molecular formula is C10H12N2O5. The summed E-state index contributed by atoms with van der Waals surface area (Å²) >= 11 is 0. The fourth-order valence-electron chi connectivity index (χ4n) is 2.51. The molecule has 3 rings (SSSR count). The minimum absolute atomic E-state index is 0.250. The van der Waals surface area contributed by atoms with Crippen molar-refractivity contribution >= 4 is 0 Å². The molecular weight excluding hydrogens is 228 g/mol. The summed E-state index contributed by atoms with van der Waals surface area (Å²) in [5, 5.41) is 19.5. The number of aliphatic hydroxyl groups excluding tert-OH is 2. The summed E-state index contributed by atoms with van der Waals surface area (Å²) in [6, 6.07) is 0. The van der Waals surface area contributed by atoms with Gasteiger partial charge in [0.1, 0.15) is 12.2 Å². The predicted molar refractivity (Wildman–Crippen MR) is 55.7 cm³/mol. The van der Waals surface area contributed by atoms with E-state index in [2.05, 4.69) is 4.98 Å². The second-order valence-electron chi connectivity index (χ2n) is 4.45. The SMILES string of the molecule is Cc1c2n(c(=O)[nH]c1=O)[C@@H]1O[C@H](C2)[C@@H](O)[C@H]1O. The molecule has 92 valence electrons. The van der Waals surface area contributed by atoms with Gasteiger partial charge in [0.2, 0.25) is 0 Å². The van der Waals surface area contributed by atoms with Crippen LogP contribution >= 0.6 is 0 Å². The Balaban J connectivity index is 2.29. The highest BCUT2D eigenvalue weighted by molar-refractivity contribution is 5.21. The number of rotatable bonds is 0. The summed E-state index contributed by atoms with van der Waals surface area (Å²) in [4.78, 5) is 25.3. The first-order valence-electron chi connectivity index (χ1n) is 5.36. The zero-order valence-corrected chi connectivity index (χ0v) is 9.08. The van der Waals surface area contributed by atoms with Crippen LogP contribution in [0.15, 0.2) is 9.59 Å². The smallest absolute Gasteiger partial charge is 0.330 e. The predicted octanol–water partition coefficient (Wildman–Crippen LogP) is -1.98. The van der Waals surface area contributed by atoms with Gasteiger partial charge < -0.3 is 14.9 Å². The molecule has 1 aromatic rings. The molecule has 7 nitrogen and oxygen atoms in total. The van der Waals surface area contributed by atoms with Crippen molar-refractivity contribution < 1.29 is 14.9 Å². The van der Waals surface area contributed by atoms with Gasteiger partial charge in [0.25, 0.3) is 5.56 Å². The number of nitrogens with one attached hydrogen (secondary N) is 1. The quantitative estimate of drug-likeness (QED) is 0.487. The maximum Gasteiger partial charge on any atom is 0.330 e. The van der Waals surface area contributed by atoms with E-state index in [1.807, 2.05) is 0 Å². The number of fused-ring (bicyclic) bond motifs is 4. The Hall–Kier alpha value is -1.44. The first-order chi connectivity index (χ1) is 8.00. The average Bonchev–Trinajstić information content (AvgIpc) is 2.51. The van der Waals surface area contributed by atoms with Gasteiger partial charge in [0, 0.05) is 17.7 Å². The second kappa shape index (κ2) is 3.28. The molecule has 0 unspecified atom stereocenters. The molecule has 0 radical (unpaired) electrons. The van der Waals surface area contributed by atoms with Gasteiger partial charge in [-0.1, -0.05) is 0 Å². The molecule has 0 aliphatic carbocycles. The molecule has 1 aromatic heterocycles. The van der Waals surface area contributed by atoms with Gasteiger partial charge in [0.05, 0.1) is 6.10 Å². The fraction of sp³-hybridized carbons (Fsp3) is 0.600. The van der Waals surface area contributed by atoms with Crippen molar-refractivity contribution in [1.82, 2.24) is 9.55 Å². The fourth-order valence-corrected chi connectivity index (χ4v) is 2.51. The first-order valence-corrected chi connectivity index (χ1v) is 5.36. The topological polar surface area (TPSA) is 105 Å². The molecule has 0 amide bonds. The second-order valence-corrected chi connectivity index (χ2v) is 4.45. The molecule has 2 aliphatic heterocycles. The third kappa shape index (κ3) is 1.27. The summed E-state index contributed by atoms with van der Waals surface area (Å²) in [5.41, 5.74) is -0.112. The zero-order chi connectivity index (χ0) is 12.3. The molecule has 2 bridgehead atoms. The zero-order valence-electron chi connectivity index (χ0n) is 9.08. The highest BCUT2D eigenvalue weighted by Gasteiger charge is 2.48. The minimum atomic E-state index is -1.15. The molecule has 3 N–H and O–H groups in total. The lowest BCUT2D eigenvalue weighted by atomic mass is 10.1. The number of H-pyrrole nitrogens is 1. The van der Waals surface area contributed by atoms with Crippen molar-refractivity contribution in [3.8, 4) is 0 Å². The van der Waals surface area contributed by atoms with Crippen LogP contribution in [0.3, 0.4) is 0 Å². The molecule has 0 aromatic carbocycles. The normalized spacial score (nSPS) is 34.8. The van der Waals surface area contributed by atoms with Crippen molar-refractivity contribution in [2.75, 3.05) is 0 Å². The Morgan fingerprint density at radius 2 is 2.06 bits per heavy atom. The lowest BCUT2D eigenvalue weighted by Crippen LogP contribution is -2.41. The maximum atomic E-state index is 11.7. The van der Waals surface area contributed by atoms with Gasteiger partial charge in [-0.15, -0.1) is 0 Å². The van der Waals surface area contributed by atoms with E-state index in [1.165, 1.54) is 4.57 Å². The van der Waals surface area contributed by atoms with Gasteiger partial charge in [0.15, 0.2) is 6.23 Å². The lowest BCUT2D eigenvalue weighted by Gasteiger charge is -2.26. The van der Waals surface area contributed by atoms with Crippen LogP contribution in [0.25, 0.3) is 0 Å². The summed E-state index contributed by atoms with van der Waals surface area (Å²) in [6.07, 6.45) is -3.41. The van der Waals surface area contributed by atoms with Crippen molar-refractivity contribution in [3.05, 3.63) is 32.1 Å². The van der Waals surface area contributed by atoms with Crippen LogP contribution in [-0.2, 0) is 11.2 Å². The van der Waals surface area contributed by atoms with Crippen LogP contribution in [0.2, 0.25) is 0 Å². The number of nitrogens with zero attached hydrogens (tertiary/aromatic N) is 1. The van der Waals surface area contributed by atoms with Crippen LogP contribution in [0.5, 0.6) is 0 Å². The summed E-state index contributed by atoms with van der Waals surface area (Å²) < 4.78 is 6.58. The lowest BCUT2D eigenvalue weighted by molar-refractivity contribution is -0.0577. The number of hydrogen-bond donors (Lipinski definition) is 3. The van der Waals surface area contributed by atoms with Crippen molar-refractivity contribution in [3.63, 3.8) is 0 Å². The number of hydrogen-bond acceptors (Lipinski definition) is 5. The number of aromatic amines is 1. The Morgan fingerprint density at radius 1 is 1.35 bits per heavy atom. The van der Waals surface area contributed by atoms with Crippen molar-refractivity contribution in [2.45, 2.75) is 37.9 Å². The van der Waals surface area contributed by atoms with E-state index in [-0.39, 0.29) is 6.42 Å². The highest BCUT2D eigenvalue weighted by Crippen LogP contribution is 2.35. The maximum absolute atomic E-state index is 11.7. The van der Waals surface area contributed by atoms with Gasteiger partial charge in [-0.2, -0.15) is 0 Å². The molecule has 3 heterocycles. The van der Waals surface area contributed by atoms with E-state index in [4.69, 9.17) is 4.74 Å². The molecule has 2 aliphatic rings. The molecule has 1 saturated heterocycles. The molecule has 1 fully saturated rings. The third-order valence-electron chi connectivity index (χ3n) is 3.49. The number of aromatic nitrogens is 2. The van der Waals surface area contributed by atoms with E-state index >= 15 is 0 Å². The van der Waals surface area contributed by atoms with E-state index in [1.54, 1.807) is 6.92 Å². The molecule has 0 saturated carbocycles. The van der Waals surface area contributed by atoms with E-state index in [9.17, 15) is 19.8 Å². The van der Waals surface area contributed by atoms with Gasteiger partial charge in [-0.05, 0) is 6.92 Å². The molecule has 7 heteroatoms. The Morgan fingerprint density at radius 3 is 2.76 bits per heavy atom. The van der Waals surface area contributed by atoms with Crippen LogP contribution in [0.1, 0.15) is 17.5 Å². The Bertz CT molecular complexity index is 589. The molecule has 17 heavy (non-hydrogen) atoms. The van der Waals surface area contributed by atoms with E-state index in [0.717, 1.165) is 0 Å². The largest absolute Gasteiger partial charge is 0.388 e. The summed E-state index contributed by atoms with van der Waals surface area (Å²) in [7, 11) is 0.